The molecule has 1 aromatic rings. The molecule has 0 amide bonds. The lowest BCUT2D eigenvalue weighted by atomic mass is 9.89. The number of ether oxygens (including phenoxy) is 2. The van der Waals surface area contributed by atoms with Gasteiger partial charge in [0.05, 0.1) is 12.7 Å². The maximum Gasteiger partial charge on any atom is 0.158 e. The topological polar surface area (TPSA) is 38.7 Å². The Kier molecular flexibility index (Phi) is 3.93. The van der Waals surface area contributed by atoms with Crippen molar-refractivity contribution in [1.29, 1.82) is 0 Å². The fourth-order valence-electron chi connectivity index (χ4n) is 2.12. The minimum Gasteiger partial charge on any atom is -0.390 e. The molecule has 0 unspecified atom stereocenters. The molecule has 3 heteroatoms. The van der Waals surface area contributed by atoms with Gasteiger partial charge in [0, 0.05) is 18.9 Å². The van der Waals surface area contributed by atoms with E-state index in [4.69, 9.17) is 9.47 Å². The van der Waals surface area contributed by atoms with Crippen LogP contribution in [0.4, 0.5) is 0 Å². The van der Waals surface area contributed by atoms with Gasteiger partial charge >= 0.3 is 0 Å². The van der Waals surface area contributed by atoms with Crippen LogP contribution in [-0.2, 0) is 9.47 Å². The molecule has 1 aliphatic heterocycles. The van der Waals surface area contributed by atoms with E-state index in [1.54, 1.807) is 0 Å². The number of rotatable bonds is 3. The first-order chi connectivity index (χ1) is 7.81. The molecule has 1 fully saturated rings. The summed E-state index contributed by atoms with van der Waals surface area (Å²) in [6, 6.07) is 10.1. The summed E-state index contributed by atoms with van der Waals surface area (Å²) in [5.74, 6) is 0.117. The molecule has 1 saturated heterocycles. The summed E-state index contributed by atoms with van der Waals surface area (Å²) in [4.78, 5) is 0. The molecule has 0 radical (unpaired) electrons. The van der Waals surface area contributed by atoms with Crippen molar-refractivity contribution in [1.82, 2.24) is 0 Å². The molecule has 0 aliphatic carbocycles. The van der Waals surface area contributed by atoms with Crippen molar-refractivity contribution in [3.05, 3.63) is 35.9 Å². The summed E-state index contributed by atoms with van der Waals surface area (Å²) in [5, 5.41) is 9.93. The fourth-order valence-corrected chi connectivity index (χ4v) is 2.12. The van der Waals surface area contributed by atoms with Crippen molar-refractivity contribution in [2.75, 3.05) is 13.2 Å². The lowest BCUT2D eigenvalue weighted by Crippen LogP contribution is -2.37. The molecule has 3 nitrogen and oxygen atoms in total. The van der Waals surface area contributed by atoms with Crippen molar-refractivity contribution in [3.8, 4) is 0 Å². The standard InChI is InChI=1S/C13H18O3/c1-2-15-13-8-11(12(14)9-16-13)10-6-4-3-5-7-10/h3-7,11-14H,2,8-9H2,1H3/t11-,12+,13+/m0/s1. The van der Waals surface area contributed by atoms with Crippen molar-refractivity contribution in [2.45, 2.75) is 31.7 Å². The smallest absolute Gasteiger partial charge is 0.158 e. The van der Waals surface area contributed by atoms with Gasteiger partial charge in [0.1, 0.15) is 0 Å². The summed E-state index contributed by atoms with van der Waals surface area (Å²) >= 11 is 0. The van der Waals surface area contributed by atoms with Gasteiger partial charge in [-0.25, -0.2) is 0 Å². The molecule has 1 heterocycles. The zero-order valence-electron chi connectivity index (χ0n) is 9.50. The van der Waals surface area contributed by atoms with Crippen molar-refractivity contribution in [3.63, 3.8) is 0 Å². The monoisotopic (exact) mass is 222 g/mol. The Labute approximate surface area is 96.0 Å². The van der Waals surface area contributed by atoms with Gasteiger partial charge in [0.25, 0.3) is 0 Å². The Morgan fingerprint density at radius 2 is 2.12 bits per heavy atom. The van der Waals surface area contributed by atoms with Crippen molar-refractivity contribution in [2.24, 2.45) is 0 Å². The van der Waals surface area contributed by atoms with Crippen LogP contribution in [0.3, 0.4) is 0 Å². The summed E-state index contributed by atoms with van der Waals surface area (Å²) in [7, 11) is 0. The minimum atomic E-state index is -0.431. The van der Waals surface area contributed by atoms with Gasteiger partial charge in [-0.2, -0.15) is 0 Å². The fraction of sp³-hybridized carbons (Fsp3) is 0.538. The molecule has 16 heavy (non-hydrogen) atoms. The van der Waals surface area contributed by atoms with Gasteiger partial charge in [0.15, 0.2) is 6.29 Å². The molecule has 0 spiro atoms. The van der Waals surface area contributed by atoms with Crippen LogP contribution < -0.4 is 0 Å². The van der Waals surface area contributed by atoms with Crippen molar-refractivity contribution < 1.29 is 14.6 Å². The second-order valence-corrected chi connectivity index (χ2v) is 4.04. The predicted octanol–water partition coefficient (Wildman–Crippen LogP) is 1.91. The van der Waals surface area contributed by atoms with Gasteiger partial charge in [-0.3, -0.25) is 0 Å². The largest absolute Gasteiger partial charge is 0.390 e. The average Bonchev–Trinajstić information content (AvgIpc) is 2.33. The van der Waals surface area contributed by atoms with Crippen LogP contribution in [0.1, 0.15) is 24.8 Å². The molecule has 88 valence electrons. The lowest BCUT2D eigenvalue weighted by molar-refractivity contribution is -0.190. The van der Waals surface area contributed by atoms with Gasteiger partial charge < -0.3 is 14.6 Å². The van der Waals surface area contributed by atoms with Crippen LogP contribution in [0, 0.1) is 0 Å². The van der Waals surface area contributed by atoms with E-state index in [1.807, 2.05) is 37.3 Å². The van der Waals surface area contributed by atoms with E-state index < -0.39 is 6.10 Å². The Balaban J connectivity index is 2.07. The molecule has 1 N–H and O–H groups in total. The molecule has 0 bridgehead atoms. The SMILES string of the molecule is CCO[C@H]1C[C@@H](c2ccccc2)[C@H](O)CO1. The maximum absolute atomic E-state index is 9.93. The normalized spacial score (nSPS) is 30.2. The van der Waals surface area contributed by atoms with Gasteiger partial charge in [-0.05, 0) is 12.5 Å². The highest BCUT2D eigenvalue weighted by molar-refractivity contribution is 5.21. The highest BCUT2D eigenvalue weighted by Gasteiger charge is 2.31. The number of hydrogen-bond acceptors (Lipinski definition) is 3. The first kappa shape index (κ1) is 11.6. The maximum atomic E-state index is 9.93. The number of benzene rings is 1. The van der Waals surface area contributed by atoms with Crippen LogP contribution in [0.5, 0.6) is 0 Å². The number of aliphatic hydroxyl groups is 1. The van der Waals surface area contributed by atoms with Gasteiger partial charge in [-0.1, -0.05) is 30.3 Å². The van der Waals surface area contributed by atoms with Gasteiger partial charge in [-0.15, -0.1) is 0 Å². The lowest BCUT2D eigenvalue weighted by Gasteiger charge is -2.33. The van der Waals surface area contributed by atoms with Crippen LogP contribution in [0.15, 0.2) is 30.3 Å². The first-order valence-corrected chi connectivity index (χ1v) is 5.77. The molecule has 3 atom stereocenters. The van der Waals surface area contributed by atoms with E-state index in [-0.39, 0.29) is 12.2 Å². The Bertz CT molecular complexity index is 312. The third-order valence-electron chi connectivity index (χ3n) is 2.94. The van der Waals surface area contributed by atoms with Crippen molar-refractivity contribution >= 4 is 0 Å². The van der Waals surface area contributed by atoms with Crippen LogP contribution in [0.25, 0.3) is 0 Å². The van der Waals surface area contributed by atoms with E-state index in [2.05, 4.69) is 0 Å². The van der Waals surface area contributed by atoms with Crippen LogP contribution in [0.2, 0.25) is 0 Å². The Morgan fingerprint density at radius 3 is 2.81 bits per heavy atom. The van der Waals surface area contributed by atoms with E-state index in [9.17, 15) is 5.11 Å². The van der Waals surface area contributed by atoms with Gasteiger partial charge in [0.2, 0.25) is 0 Å². The molecule has 0 aromatic heterocycles. The molecular weight excluding hydrogens is 204 g/mol. The third kappa shape index (κ3) is 2.61. The Hall–Kier alpha value is -0.900. The summed E-state index contributed by atoms with van der Waals surface area (Å²) in [6.07, 6.45) is 0.108. The summed E-state index contributed by atoms with van der Waals surface area (Å²) in [5.41, 5.74) is 1.16. The summed E-state index contributed by atoms with van der Waals surface area (Å²) in [6.45, 7) is 2.94. The molecule has 1 aromatic carbocycles. The predicted molar refractivity (Wildman–Crippen MR) is 61.2 cm³/mol. The molecular formula is C13H18O3. The summed E-state index contributed by atoms with van der Waals surface area (Å²) < 4.78 is 10.9. The number of hydrogen-bond donors (Lipinski definition) is 1. The van der Waals surface area contributed by atoms with E-state index >= 15 is 0 Å². The second-order valence-electron chi connectivity index (χ2n) is 4.04. The Morgan fingerprint density at radius 1 is 1.38 bits per heavy atom. The number of aliphatic hydroxyl groups excluding tert-OH is 1. The third-order valence-corrected chi connectivity index (χ3v) is 2.94. The van der Waals surface area contributed by atoms with Crippen LogP contribution in [-0.4, -0.2) is 30.7 Å². The highest BCUT2D eigenvalue weighted by Crippen LogP contribution is 2.30. The molecule has 1 aliphatic rings. The van der Waals surface area contributed by atoms with E-state index in [1.165, 1.54) is 0 Å². The second kappa shape index (κ2) is 5.43. The van der Waals surface area contributed by atoms with E-state index in [0.29, 0.717) is 13.2 Å². The zero-order valence-corrected chi connectivity index (χ0v) is 9.50. The molecule has 0 saturated carbocycles. The zero-order chi connectivity index (χ0) is 11.4. The average molecular weight is 222 g/mol. The van der Waals surface area contributed by atoms with Crippen LogP contribution >= 0.6 is 0 Å². The minimum absolute atomic E-state index is 0.117. The van der Waals surface area contributed by atoms with E-state index in [0.717, 1.165) is 12.0 Å². The first-order valence-electron chi connectivity index (χ1n) is 5.77. The quantitative estimate of drug-likeness (QED) is 0.849. The molecule has 2 rings (SSSR count). The highest BCUT2D eigenvalue weighted by atomic mass is 16.7.